The molecule has 17 aromatic carbocycles. The van der Waals surface area contributed by atoms with Crippen molar-refractivity contribution in [1.29, 1.82) is 0 Å². The smallest absolute Gasteiger partial charge is 0.248 e. The highest BCUT2D eigenvalue weighted by molar-refractivity contribution is 6.22. The second-order valence-electron chi connectivity index (χ2n) is 30.8. The lowest BCUT2D eigenvalue weighted by atomic mass is 10.1. The zero-order valence-electron chi connectivity index (χ0n) is 66.8. The normalized spacial score (nSPS) is 11.7. The van der Waals surface area contributed by atoms with Crippen molar-refractivity contribution in [1.82, 2.24) is 58.0 Å². The van der Waals surface area contributed by atoms with Crippen LogP contribution in [0.3, 0.4) is 0 Å². The van der Waals surface area contributed by atoms with Crippen molar-refractivity contribution in [3.05, 3.63) is 413 Å². The van der Waals surface area contributed by atoms with Crippen molar-refractivity contribution in [2.24, 2.45) is 0 Å². The van der Waals surface area contributed by atoms with Gasteiger partial charge in [-0.15, -0.1) is 10.2 Å². The summed E-state index contributed by atoms with van der Waals surface area (Å²) in [5.74, 6) is 4.65. The number of rotatable bonds is 12. The molecule has 0 bridgehead atoms. The van der Waals surface area contributed by atoms with Gasteiger partial charge in [0.1, 0.15) is 28.2 Å². The molecule has 0 N–H and O–H groups in total. The zero-order chi connectivity index (χ0) is 82.4. The van der Waals surface area contributed by atoms with Crippen molar-refractivity contribution >= 4 is 121 Å². The molecule has 0 atom stereocenters. The molecule has 16 heteroatoms. The first-order valence-corrected chi connectivity index (χ1v) is 41.4. The summed E-state index contributed by atoms with van der Waals surface area (Å²) in [7, 11) is 0. The van der Waals surface area contributed by atoms with E-state index in [2.05, 4.69) is 282 Å². The van der Waals surface area contributed by atoms with Crippen molar-refractivity contribution in [3.63, 3.8) is 0 Å². The highest BCUT2D eigenvalue weighted by atomic mass is 16.4. The Morgan fingerprint density at radius 2 is 0.456 bits per heavy atom. The molecule has 16 nitrogen and oxygen atoms in total. The number of aromatic nitrogens is 12. The van der Waals surface area contributed by atoms with E-state index < -0.39 is 0 Å². The Morgan fingerprint density at radius 1 is 0.168 bits per heavy atom. The molecular formula is C109H68N12O4. The SMILES string of the molecule is c1ccc(-c2nc3ccc4c(c5ccccc5n4-c4cccc(-c5nc6ccccc6n5-c5ccccc5)c4)c3o2)cc1.c1ccc(-c2nc3ccc4c(c5ccccc5n4-c4cccc(-n5c(-c6ccccc6)nc6ccccc65)c4)c3o2)cc1.c1ccc(-c2nnc(-c3cccc(-n4c5ccccc5c5c6oc(-c7ccccc7)nc6ccc54)c3)o2)cc1. The highest BCUT2D eigenvalue weighted by Crippen LogP contribution is 2.45. The van der Waals surface area contributed by atoms with Gasteiger partial charge in [-0.3, -0.25) is 9.13 Å². The fourth-order valence-corrected chi connectivity index (χ4v) is 17.8. The number of imidazole rings is 2. The summed E-state index contributed by atoms with van der Waals surface area (Å²) in [4.78, 5) is 24.7. The van der Waals surface area contributed by atoms with Gasteiger partial charge in [0.2, 0.25) is 29.5 Å². The molecule has 0 aliphatic heterocycles. The van der Waals surface area contributed by atoms with Gasteiger partial charge in [-0.2, -0.15) is 0 Å². The fraction of sp³-hybridized carbons (Fsp3) is 0. The third kappa shape index (κ3) is 12.3. The molecule has 0 saturated heterocycles. The average Bonchev–Trinajstić information content (AvgIpc) is 1.57. The molecule has 26 aromatic rings. The van der Waals surface area contributed by atoms with Crippen LogP contribution < -0.4 is 0 Å². The first-order chi connectivity index (χ1) is 62.0. The standard InChI is InChI=1S/2C38H24N4O.C33H20N4O2/c1-3-12-25(13-4-1)38-40-31-22-23-34-35(36(31)43-38)29-18-7-9-20-32(29)41(34)28-17-11-14-26(24-28)37-39-30-19-8-10-21-33(30)42(37)27-15-5-2-6-16-27;1-3-12-25(13-4-1)37-39-30-19-8-10-21-33(30)42(37)28-17-11-16-27(24-28)41-32-20-9-7-18-29(32)35-34(41)23-22-31-36(35)43-38(40-31)26-14-5-2-6-15-26;1-3-10-21(11-4-1)31-34-26-18-19-28-29(30(26)38-31)25-16-7-8-17-27(25)37(28)24-15-9-14-23(20-24)33-36-35-32(39-33)22-12-5-2-6-13-22/h2*1-24H;1-20H. The summed E-state index contributed by atoms with van der Waals surface area (Å²) in [6, 6.07) is 141. The van der Waals surface area contributed by atoms with E-state index in [1.54, 1.807) is 0 Å². The van der Waals surface area contributed by atoms with E-state index >= 15 is 0 Å². The molecule has 9 aromatic heterocycles. The predicted octanol–water partition coefficient (Wildman–Crippen LogP) is 27.5. The van der Waals surface area contributed by atoms with E-state index in [-0.39, 0.29) is 0 Å². The predicted molar refractivity (Wildman–Crippen MR) is 500 cm³/mol. The number of benzene rings is 17. The Labute approximate surface area is 713 Å². The topological polar surface area (TPSA) is 167 Å². The molecule has 0 saturated carbocycles. The first kappa shape index (κ1) is 71.7. The largest absolute Gasteiger partial charge is 0.435 e. The second-order valence-corrected chi connectivity index (χ2v) is 30.8. The van der Waals surface area contributed by atoms with Gasteiger partial charge in [0.15, 0.2) is 16.7 Å². The molecule has 0 radical (unpaired) electrons. The Balaban J connectivity index is 0.000000105. The van der Waals surface area contributed by atoms with E-state index in [1.165, 1.54) is 0 Å². The molecule has 0 fully saturated rings. The van der Waals surface area contributed by atoms with E-state index in [4.69, 9.17) is 42.6 Å². The lowest BCUT2D eigenvalue weighted by molar-refractivity contribution is 0.584. The van der Waals surface area contributed by atoms with Crippen LogP contribution in [0.2, 0.25) is 0 Å². The van der Waals surface area contributed by atoms with Gasteiger partial charge in [-0.25, -0.2) is 24.9 Å². The monoisotopic (exact) mass is 1610 g/mol. The summed E-state index contributed by atoms with van der Waals surface area (Å²) in [5, 5.41) is 15.1. The van der Waals surface area contributed by atoms with Gasteiger partial charge in [0.05, 0.1) is 71.3 Å². The number of oxazole rings is 3. The molecule has 0 unspecified atom stereocenters. The molecule has 26 rings (SSSR count). The van der Waals surface area contributed by atoms with Crippen LogP contribution in [-0.4, -0.2) is 58.0 Å². The molecule has 0 spiro atoms. The number of nitrogens with zero attached hydrogens (tertiary/aromatic N) is 12. The van der Waals surface area contributed by atoms with Gasteiger partial charge in [-0.1, -0.05) is 224 Å². The van der Waals surface area contributed by atoms with Crippen molar-refractivity contribution in [2.45, 2.75) is 0 Å². The third-order valence-electron chi connectivity index (χ3n) is 23.3. The number of para-hydroxylation sites is 8. The average molecular weight is 1610 g/mol. The highest BCUT2D eigenvalue weighted by Gasteiger charge is 2.26. The number of fused-ring (bicyclic) bond motifs is 17. The van der Waals surface area contributed by atoms with Crippen LogP contribution in [0, 0.1) is 0 Å². The maximum Gasteiger partial charge on any atom is 0.248 e. The van der Waals surface area contributed by atoms with Crippen molar-refractivity contribution in [2.75, 3.05) is 0 Å². The van der Waals surface area contributed by atoms with Crippen molar-refractivity contribution < 1.29 is 17.7 Å². The fourth-order valence-electron chi connectivity index (χ4n) is 17.8. The minimum absolute atomic E-state index is 0.474. The van der Waals surface area contributed by atoms with E-state index in [0.29, 0.717) is 29.5 Å². The molecule has 0 amide bonds. The van der Waals surface area contributed by atoms with Crippen LogP contribution >= 0.6 is 0 Å². The Morgan fingerprint density at radius 3 is 0.880 bits per heavy atom. The molecule has 588 valence electrons. The maximum absolute atomic E-state index is 6.48. The van der Waals surface area contributed by atoms with Crippen LogP contribution in [0.25, 0.3) is 229 Å². The van der Waals surface area contributed by atoms with Crippen LogP contribution in [0.5, 0.6) is 0 Å². The summed E-state index contributed by atoms with van der Waals surface area (Å²) in [6.45, 7) is 0. The summed E-state index contributed by atoms with van der Waals surface area (Å²) >= 11 is 0. The molecule has 9 heterocycles. The van der Waals surface area contributed by atoms with Gasteiger partial charge < -0.3 is 31.4 Å². The lowest BCUT2D eigenvalue weighted by Gasteiger charge is -2.13. The van der Waals surface area contributed by atoms with Crippen LogP contribution in [-0.2, 0) is 0 Å². The number of hydrogen-bond donors (Lipinski definition) is 0. The Kier molecular flexibility index (Phi) is 17.1. The lowest BCUT2D eigenvalue weighted by Crippen LogP contribution is -2.00. The zero-order valence-corrected chi connectivity index (χ0v) is 66.8. The van der Waals surface area contributed by atoms with Gasteiger partial charge >= 0.3 is 0 Å². The summed E-state index contributed by atoms with van der Waals surface area (Å²) in [5.41, 5.74) is 27.4. The molecule has 125 heavy (non-hydrogen) atoms. The van der Waals surface area contributed by atoms with Gasteiger partial charge in [0.25, 0.3) is 0 Å². The van der Waals surface area contributed by atoms with Crippen molar-refractivity contribution in [3.8, 4) is 108 Å². The maximum atomic E-state index is 6.48. The molecular weight excluding hydrogens is 1540 g/mol. The van der Waals surface area contributed by atoms with E-state index in [1.807, 2.05) is 164 Å². The number of hydrogen-bond acceptors (Lipinski definition) is 11. The van der Waals surface area contributed by atoms with E-state index in [9.17, 15) is 0 Å². The Bertz CT molecular complexity index is 8610. The van der Waals surface area contributed by atoms with Crippen LogP contribution in [0.4, 0.5) is 0 Å². The second kappa shape index (κ2) is 29.9. The Hall–Kier alpha value is -17.4. The first-order valence-electron chi connectivity index (χ1n) is 41.4. The van der Waals surface area contributed by atoms with Gasteiger partial charge in [-0.05, 0) is 188 Å². The molecule has 0 aliphatic carbocycles. The van der Waals surface area contributed by atoms with Crippen LogP contribution in [0.1, 0.15) is 0 Å². The third-order valence-corrected chi connectivity index (χ3v) is 23.3. The van der Waals surface area contributed by atoms with E-state index in [0.717, 1.165) is 200 Å². The van der Waals surface area contributed by atoms with Gasteiger partial charge in [0, 0.05) is 83.5 Å². The minimum atomic E-state index is 0.474. The summed E-state index contributed by atoms with van der Waals surface area (Å²) < 4.78 is 36.8. The van der Waals surface area contributed by atoms with Crippen LogP contribution in [0.15, 0.2) is 430 Å². The molecule has 0 aliphatic rings. The summed E-state index contributed by atoms with van der Waals surface area (Å²) in [6.07, 6.45) is 0. The minimum Gasteiger partial charge on any atom is -0.435 e. The quantitative estimate of drug-likeness (QED) is 0.114.